The van der Waals surface area contributed by atoms with E-state index in [4.69, 9.17) is 16.3 Å². The fourth-order valence-electron chi connectivity index (χ4n) is 2.47. The Morgan fingerprint density at radius 3 is 2.59 bits per heavy atom. The molecule has 0 bridgehead atoms. The van der Waals surface area contributed by atoms with E-state index in [2.05, 4.69) is 15.6 Å². The van der Waals surface area contributed by atoms with Crippen molar-refractivity contribution in [3.05, 3.63) is 51.2 Å². The largest absolute Gasteiger partial charge is 0.481 e. The fourth-order valence-corrected chi connectivity index (χ4v) is 4.48. The minimum absolute atomic E-state index is 0.0651. The number of benzene rings is 1. The number of amides is 2. The molecular formula is C20H20ClN3O3S2. The van der Waals surface area contributed by atoms with Gasteiger partial charge in [-0.3, -0.25) is 14.9 Å². The maximum atomic E-state index is 12.5. The van der Waals surface area contributed by atoms with Gasteiger partial charge in [0.1, 0.15) is 5.75 Å². The second-order valence-electron chi connectivity index (χ2n) is 6.30. The Morgan fingerprint density at radius 1 is 1.17 bits per heavy atom. The van der Waals surface area contributed by atoms with Crippen molar-refractivity contribution in [2.45, 2.75) is 33.4 Å². The van der Waals surface area contributed by atoms with Crippen molar-refractivity contribution < 1.29 is 14.3 Å². The number of anilines is 1. The number of nitrogens with one attached hydrogen (secondary N) is 2. The third kappa shape index (κ3) is 5.79. The van der Waals surface area contributed by atoms with Crippen LogP contribution in [0.3, 0.4) is 0 Å². The normalized spacial score (nSPS) is 11.7. The van der Waals surface area contributed by atoms with Crippen LogP contribution in [-0.4, -0.2) is 22.9 Å². The predicted molar refractivity (Wildman–Crippen MR) is 118 cm³/mol. The average Bonchev–Trinajstić information content (AvgIpc) is 3.28. The highest BCUT2D eigenvalue weighted by Crippen LogP contribution is 2.34. The van der Waals surface area contributed by atoms with Crippen LogP contribution < -0.4 is 15.4 Å². The van der Waals surface area contributed by atoms with Gasteiger partial charge in [0.25, 0.3) is 5.91 Å². The van der Waals surface area contributed by atoms with Crippen molar-refractivity contribution in [3.63, 3.8) is 0 Å². The molecule has 29 heavy (non-hydrogen) atoms. The third-order valence-electron chi connectivity index (χ3n) is 3.93. The van der Waals surface area contributed by atoms with Gasteiger partial charge in [-0.25, -0.2) is 4.98 Å². The number of carbonyl (C=O) groups excluding carboxylic acids is 2. The van der Waals surface area contributed by atoms with Gasteiger partial charge in [0.2, 0.25) is 5.91 Å². The quantitative estimate of drug-likeness (QED) is 0.539. The van der Waals surface area contributed by atoms with Crippen LogP contribution in [0, 0.1) is 6.92 Å². The molecule has 6 nitrogen and oxygen atoms in total. The van der Waals surface area contributed by atoms with E-state index in [1.807, 2.05) is 19.1 Å². The summed E-state index contributed by atoms with van der Waals surface area (Å²) in [5.74, 6) is 0.223. The monoisotopic (exact) mass is 449 g/mol. The molecular weight excluding hydrogens is 430 g/mol. The Balaban J connectivity index is 1.64. The minimum atomic E-state index is -0.685. The van der Waals surface area contributed by atoms with E-state index in [0.717, 1.165) is 20.3 Å². The average molecular weight is 450 g/mol. The number of hydrogen-bond donors (Lipinski definition) is 2. The van der Waals surface area contributed by atoms with Gasteiger partial charge >= 0.3 is 0 Å². The van der Waals surface area contributed by atoms with Crippen molar-refractivity contribution in [3.8, 4) is 16.3 Å². The molecule has 152 valence electrons. The Kier molecular flexibility index (Phi) is 6.89. The SMILES string of the molecule is CC(=O)NCc1ccc(-c2nc(NC(=O)C(C)Oc3ccc(Cl)cc3)sc2C)s1. The van der Waals surface area contributed by atoms with Crippen LogP contribution in [0.2, 0.25) is 5.02 Å². The van der Waals surface area contributed by atoms with Gasteiger partial charge in [0, 0.05) is 21.7 Å². The summed E-state index contributed by atoms with van der Waals surface area (Å²) in [5.41, 5.74) is 0.829. The number of ether oxygens (including phenoxy) is 1. The second kappa shape index (κ2) is 9.39. The van der Waals surface area contributed by atoms with Gasteiger partial charge in [-0.2, -0.15) is 0 Å². The Labute approximate surface area is 181 Å². The Morgan fingerprint density at radius 2 is 1.90 bits per heavy atom. The van der Waals surface area contributed by atoms with Crippen LogP contribution in [0.25, 0.3) is 10.6 Å². The molecule has 2 N–H and O–H groups in total. The first-order chi connectivity index (χ1) is 13.8. The van der Waals surface area contributed by atoms with E-state index in [9.17, 15) is 9.59 Å². The second-order valence-corrected chi connectivity index (χ2v) is 9.11. The molecule has 0 spiro atoms. The summed E-state index contributed by atoms with van der Waals surface area (Å²) in [5, 5.41) is 6.72. The fraction of sp³-hybridized carbons (Fsp3) is 0.250. The molecule has 3 aromatic rings. The molecule has 2 heterocycles. The maximum Gasteiger partial charge on any atom is 0.266 e. The number of thiophene rings is 1. The zero-order valence-electron chi connectivity index (χ0n) is 16.1. The van der Waals surface area contributed by atoms with E-state index < -0.39 is 6.10 Å². The lowest BCUT2D eigenvalue weighted by atomic mass is 10.3. The van der Waals surface area contributed by atoms with Gasteiger partial charge in [-0.1, -0.05) is 11.6 Å². The van der Waals surface area contributed by atoms with E-state index in [0.29, 0.717) is 22.4 Å². The van der Waals surface area contributed by atoms with Crippen LogP contribution in [0.1, 0.15) is 23.6 Å². The zero-order valence-corrected chi connectivity index (χ0v) is 18.5. The standard InChI is InChI=1S/C20H20ClN3O3S2/c1-11(27-15-6-4-14(21)5-7-15)19(26)24-20-23-18(12(2)28-20)17-9-8-16(29-17)10-22-13(3)25/h4-9,11H,10H2,1-3H3,(H,22,25)(H,23,24,26). The van der Waals surface area contributed by atoms with Gasteiger partial charge in [0.15, 0.2) is 11.2 Å². The summed E-state index contributed by atoms with van der Waals surface area (Å²) < 4.78 is 5.65. The lowest BCUT2D eigenvalue weighted by Crippen LogP contribution is -2.30. The molecule has 3 rings (SSSR count). The molecule has 0 fully saturated rings. The highest BCUT2D eigenvalue weighted by molar-refractivity contribution is 7.18. The predicted octanol–water partition coefficient (Wildman–Crippen LogP) is 4.88. The summed E-state index contributed by atoms with van der Waals surface area (Å²) in [4.78, 5) is 31.1. The summed E-state index contributed by atoms with van der Waals surface area (Å²) in [7, 11) is 0. The lowest BCUT2D eigenvalue weighted by molar-refractivity contribution is -0.122. The zero-order chi connectivity index (χ0) is 21.0. The van der Waals surface area contributed by atoms with Crippen molar-refractivity contribution in [2.24, 2.45) is 0 Å². The third-order valence-corrected chi connectivity index (χ3v) is 6.16. The first-order valence-corrected chi connectivity index (χ1v) is 10.9. The molecule has 0 saturated heterocycles. The highest BCUT2D eigenvalue weighted by Gasteiger charge is 2.19. The van der Waals surface area contributed by atoms with Crippen LogP contribution in [0.5, 0.6) is 5.75 Å². The van der Waals surface area contributed by atoms with Gasteiger partial charge < -0.3 is 10.1 Å². The summed E-state index contributed by atoms with van der Waals surface area (Å²) >= 11 is 8.84. The van der Waals surface area contributed by atoms with Crippen molar-refractivity contribution in [2.75, 3.05) is 5.32 Å². The molecule has 1 aromatic carbocycles. The summed E-state index contributed by atoms with van der Waals surface area (Å²) in [6, 6.07) is 10.8. The van der Waals surface area contributed by atoms with E-state index in [1.165, 1.54) is 18.3 Å². The van der Waals surface area contributed by atoms with Crippen molar-refractivity contribution in [1.82, 2.24) is 10.3 Å². The molecule has 9 heteroatoms. The summed E-state index contributed by atoms with van der Waals surface area (Å²) in [6.07, 6.45) is -0.685. The minimum Gasteiger partial charge on any atom is -0.481 e. The van der Waals surface area contributed by atoms with E-state index in [-0.39, 0.29) is 11.8 Å². The molecule has 0 saturated carbocycles. The first kappa shape index (κ1) is 21.3. The highest BCUT2D eigenvalue weighted by atomic mass is 35.5. The molecule has 1 atom stereocenters. The lowest BCUT2D eigenvalue weighted by Gasteiger charge is -2.13. The van der Waals surface area contributed by atoms with Crippen LogP contribution >= 0.6 is 34.3 Å². The molecule has 1 unspecified atom stereocenters. The Bertz CT molecular complexity index is 1010. The van der Waals surface area contributed by atoms with Crippen LogP contribution in [0.4, 0.5) is 5.13 Å². The van der Waals surface area contributed by atoms with Crippen LogP contribution in [-0.2, 0) is 16.1 Å². The number of rotatable bonds is 7. The number of aryl methyl sites for hydroxylation is 1. The van der Waals surface area contributed by atoms with E-state index >= 15 is 0 Å². The number of halogens is 1. The molecule has 0 radical (unpaired) electrons. The molecule has 2 amide bonds. The number of nitrogens with zero attached hydrogens (tertiary/aromatic N) is 1. The molecule has 2 aromatic heterocycles. The molecule has 0 aliphatic carbocycles. The molecule has 0 aliphatic rings. The number of hydrogen-bond acceptors (Lipinski definition) is 6. The topological polar surface area (TPSA) is 80.3 Å². The van der Waals surface area contributed by atoms with Crippen molar-refractivity contribution >= 4 is 51.2 Å². The van der Waals surface area contributed by atoms with E-state index in [1.54, 1.807) is 42.5 Å². The number of thiazole rings is 1. The summed E-state index contributed by atoms with van der Waals surface area (Å²) in [6.45, 7) is 5.63. The van der Waals surface area contributed by atoms with Gasteiger partial charge in [0.05, 0.1) is 17.1 Å². The number of carbonyl (C=O) groups is 2. The van der Waals surface area contributed by atoms with Gasteiger partial charge in [-0.05, 0) is 50.2 Å². The Hall–Kier alpha value is -2.42. The molecule has 0 aliphatic heterocycles. The maximum absolute atomic E-state index is 12.5. The number of aromatic nitrogens is 1. The van der Waals surface area contributed by atoms with Crippen LogP contribution in [0.15, 0.2) is 36.4 Å². The van der Waals surface area contributed by atoms with Crippen molar-refractivity contribution in [1.29, 1.82) is 0 Å². The van der Waals surface area contributed by atoms with Gasteiger partial charge in [-0.15, -0.1) is 22.7 Å². The smallest absolute Gasteiger partial charge is 0.266 e. The first-order valence-electron chi connectivity index (χ1n) is 8.86.